The van der Waals surface area contributed by atoms with E-state index in [1.165, 1.54) is 6.20 Å². The normalized spacial score (nSPS) is 12.3. The first-order chi connectivity index (χ1) is 14.7. The number of halogens is 3. The van der Waals surface area contributed by atoms with Gasteiger partial charge >= 0.3 is 6.18 Å². The summed E-state index contributed by atoms with van der Waals surface area (Å²) in [5.74, 6) is 0.134. The number of fused-ring (bicyclic) bond motifs is 1. The van der Waals surface area contributed by atoms with Crippen LogP contribution in [0.2, 0.25) is 0 Å². The molecule has 1 aromatic carbocycles. The maximum Gasteiger partial charge on any atom is 0.422 e. The smallest absolute Gasteiger partial charge is 0.422 e. The fraction of sp³-hybridized carbons (Fsp3) is 0.478. The predicted octanol–water partition coefficient (Wildman–Crippen LogP) is 5.85. The molecular formula is C23H29F3N4O. The van der Waals surface area contributed by atoms with Crippen LogP contribution in [0.25, 0.3) is 22.3 Å². The summed E-state index contributed by atoms with van der Waals surface area (Å²) in [6.45, 7) is 6.50. The zero-order valence-corrected chi connectivity index (χ0v) is 18.4. The molecule has 0 amide bonds. The molecule has 3 rings (SSSR count). The van der Waals surface area contributed by atoms with E-state index in [1.807, 2.05) is 38.1 Å². The SMILES string of the molecule is CCCCN(C)Cc1cccc(-c2cc(OCC(F)(F)F)c3cnn(C(C)C)c3n2)c1. The van der Waals surface area contributed by atoms with E-state index in [4.69, 9.17) is 9.72 Å². The molecule has 0 bridgehead atoms. The quantitative estimate of drug-likeness (QED) is 0.424. The molecular weight excluding hydrogens is 405 g/mol. The van der Waals surface area contributed by atoms with Gasteiger partial charge < -0.3 is 9.64 Å². The Hall–Kier alpha value is -2.61. The standard InChI is InChI=1S/C23H29F3N4O/c1-5-6-10-29(4)14-17-8-7-9-18(11-17)20-12-21(31-15-23(24,25)26)19-13-27-30(16(2)3)22(19)28-20/h7-9,11-13,16H,5-6,10,14-15H2,1-4H3. The number of nitrogens with zero attached hydrogens (tertiary/aromatic N) is 4. The molecule has 0 atom stereocenters. The Labute approximate surface area is 180 Å². The molecule has 2 aromatic heterocycles. The molecule has 0 fully saturated rings. The second-order valence-electron chi connectivity index (χ2n) is 8.12. The number of hydrogen-bond donors (Lipinski definition) is 0. The summed E-state index contributed by atoms with van der Waals surface area (Å²) in [5, 5.41) is 4.78. The van der Waals surface area contributed by atoms with Gasteiger partial charge in [0.1, 0.15) is 5.75 Å². The lowest BCUT2D eigenvalue weighted by Gasteiger charge is -2.17. The summed E-state index contributed by atoms with van der Waals surface area (Å²) in [4.78, 5) is 6.98. The average Bonchev–Trinajstić information content (AvgIpc) is 3.14. The second-order valence-corrected chi connectivity index (χ2v) is 8.12. The van der Waals surface area contributed by atoms with Gasteiger partial charge in [-0.2, -0.15) is 18.3 Å². The number of rotatable bonds is 9. The Kier molecular flexibility index (Phi) is 7.20. The Morgan fingerprint density at radius 1 is 1.19 bits per heavy atom. The molecule has 0 radical (unpaired) electrons. The minimum atomic E-state index is -4.42. The average molecular weight is 435 g/mol. The van der Waals surface area contributed by atoms with Crippen molar-refractivity contribution < 1.29 is 17.9 Å². The number of hydrogen-bond acceptors (Lipinski definition) is 4. The van der Waals surface area contributed by atoms with Crippen LogP contribution in [-0.2, 0) is 6.54 Å². The van der Waals surface area contributed by atoms with Gasteiger partial charge in [-0.1, -0.05) is 31.5 Å². The zero-order chi connectivity index (χ0) is 22.6. The van der Waals surface area contributed by atoms with E-state index in [9.17, 15) is 13.2 Å². The Balaban J connectivity index is 1.99. The topological polar surface area (TPSA) is 43.2 Å². The van der Waals surface area contributed by atoms with Gasteiger partial charge in [0.25, 0.3) is 0 Å². The molecule has 2 heterocycles. The summed E-state index contributed by atoms with van der Waals surface area (Å²) in [6, 6.07) is 9.51. The van der Waals surface area contributed by atoms with Crippen molar-refractivity contribution in [2.45, 2.75) is 52.4 Å². The summed E-state index contributed by atoms with van der Waals surface area (Å²) >= 11 is 0. The van der Waals surface area contributed by atoms with E-state index in [0.717, 1.165) is 37.1 Å². The summed E-state index contributed by atoms with van der Waals surface area (Å²) in [7, 11) is 2.08. The highest BCUT2D eigenvalue weighted by atomic mass is 19.4. The Morgan fingerprint density at radius 3 is 2.65 bits per heavy atom. The lowest BCUT2D eigenvalue weighted by molar-refractivity contribution is -0.153. The van der Waals surface area contributed by atoms with Crippen LogP contribution in [0.3, 0.4) is 0 Å². The van der Waals surface area contributed by atoms with Gasteiger partial charge in [0.15, 0.2) is 12.3 Å². The van der Waals surface area contributed by atoms with Crippen LogP contribution in [0.5, 0.6) is 5.75 Å². The largest absolute Gasteiger partial charge is 0.483 e. The van der Waals surface area contributed by atoms with E-state index in [-0.39, 0.29) is 11.8 Å². The first-order valence-electron chi connectivity index (χ1n) is 10.5. The van der Waals surface area contributed by atoms with Crippen LogP contribution in [-0.4, -0.2) is 46.0 Å². The van der Waals surface area contributed by atoms with Crippen molar-refractivity contribution in [2.24, 2.45) is 0 Å². The molecule has 0 N–H and O–H groups in total. The van der Waals surface area contributed by atoms with Crippen molar-refractivity contribution in [2.75, 3.05) is 20.2 Å². The van der Waals surface area contributed by atoms with E-state index in [2.05, 4.69) is 24.0 Å². The van der Waals surface area contributed by atoms with Gasteiger partial charge in [-0.25, -0.2) is 9.67 Å². The third-order valence-electron chi connectivity index (χ3n) is 4.98. The maximum atomic E-state index is 12.8. The van der Waals surface area contributed by atoms with Crippen molar-refractivity contribution in [3.63, 3.8) is 0 Å². The molecule has 0 aliphatic rings. The number of pyridine rings is 1. The molecule has 0 saturated carbocycles. The minimum absolute atomic E-state index is 0.00858. The third-order valence-corrected chi connectivity index (χ3v) is 4.98. The van der Waals surface area contributed by atoms with Crippen molar-refractivity contribution in [3.05, 3.63) is 42.1 Å². The zero-order valence-electron chi connectivity index (χ0n) is 18.4. The molecule has 0 spiro atoms. The summed E-state index contributed by atoms with van der Waals surface area (Å²) in [6.07, 6.45) is -0.643. The van der Waals surface area contributed by atoms with Gasteiger partial charge in [0.05, 0.1) is 17.3 Å². The van der Waals surface area contributed by atoms with E-state index < -0.39 is 12.8 Å². The first-order valence-corrected chi connectivity index (χ1v) is 10.5. The molecule has 0 saturated heterocycles. The Bertz CT molecular complexity index is 1010. The molecule has 5 nitrogen and oxygen atoms in total. The van der Waals surface area contributed by atoms with Crippen molar-refractivity contribution in [1.29, 1.82) is 0 Å². The van der Waals surface area contributed by atoms with Gasteiger partial charge in [-0.3, -0.25) is 0 Å². The molecule has 0 aliphatic carbocycles. The molecule has 168 valence electrons. The monoisotopic (exact) mass is 434 g/mol. The van der Waals surface area contributed by atoms with Gasteiger partial charge in [-0.05, 0) is 45.5 Å². The van der Waals surface area contributed by atoms with Gasteiger partial charge in [0.2, 0.25) is 0 Å². The molecule has 0 aliphatic heterocycles. The lowest BCUT2D eigenvalue weighted by atomic mass is 10.1. The van der Waals surface area contributed by atoms with Crippen LogP contribution < -0.4 is 4.74 Å². The van der Waals surface area contributed by atoms with Crippen LogP contribution in [0.15, 0.2) is 36.5 Å². The molecule has 0 unspecified atom stereocenters. The number of alkyl halides is 3. The van der Waals surface area contributed by atoms with Crippen LogP contribution in [0, 0.1) is 0 Å². The Morgan fingerprint density at radius 2 is 1.97 bits per heavy atom. The van der Waals surface area contributed by atoms with Crippen LogP contribution in [0.1, 0.15) is 45.2 Å². The van der Waals surface area contributed by atoms with Crippen molar-refractivity contribution in [1.82, 2.24) is 19.7 Å². The van der Waals surface area contributed by atoms with Crippen molar-refractivity contribution >= 4 is 11.0 Å². The number of aromatic nitrogens is 3. The molecule has 3 aromatic rings. The predicted molar refractivity (Wildman–Crippen MR) is 116 cm³/mol. The van der Waals surface area contributed by atoms with Crippen LogP contribution >= 0.6 is 0 Å². The fourth-order valence-electron chi connectivity index (χ4n) is 3.44. The van der Waals surface area contributed by atoms with Gasteiger partial charge in [0, 0.05) is 24.2 Å². The third kappa shape index (κ3) is 5.97. The first kappa shape index (κ1) is 23.1. The maximum absolute atomic E-state index is 12.8. The van der Waals surface area contributed by atoms with Crippen LogP contribution in [0.4, 0.5) is 13.2 Å². The highest BCUT2D eigenvalue weighted by Crippen LogP contribution is 2.32. The number of benzene rings is 1. The van der Waals surface area contributed by atoms with E-state index in [0.29, 0.717) is 16.7 Å². The summed E-state index contributed by atoms with van der Waals surface area (Å²) in [5.41, 5.74) is 3.02. The number of unbranched alkanes of at least 4 members (excludes halogenated alkanes) is 1. The van der Waals surface area contributed by atoms with E-state index in [1.54, 1.807) is 10.7 Å². The highest BCUT2D eigenvalue weighted by molar-refractivity contribution is 5.85. The van der Waals surface area contributed by atoms with E-state index >= 15 is 0 Å². The van der Waals surface area contributed by atoms with Gasteiger partial charge in [-0.15, -0.1) is 0 Å². The lowest BCUT2D eigenvalue weighted by Crippen LogP contribution is -2.19. The molecule has 8 heteroatoms. The summed E-state index contributed by atoms with van der Waals surface area (Å²) < 4.78 is 45.2. The van der Waals surface area contributed by atoms with Crippen molar-refractivity contribution in [3.8, 4) is 17.0 Å². The fourth-order valence-corrected chi connectivity index (χ4v) is 3.44. The minimum Gasteiger partial charge on any atom is -0.483 e. The molecule has 31 heavy (non-hydrogen) atoms. The second kappa shape index (κ2) is 9.68. The highest BCUT2D eigenvalue weighted by Gasteiger charge is 2.29. The number of ether oxygens (including phenoxy) is 1.